The number of aromatic nitrogens is 2. The molecule has 29 heavy (non-hydrogen) atoms. The van der Waals surface area contributed by atoms with Crippen molar-refractivity contribution in [3.8, 4) is 11.8 Å². The molecule has 3 aromatic rings. The average Bonchev–Trinajstić information content (AvgIpc) is 3.30. The second-order valence-electron chi connectivity index (χ2n) is 6.27. The number of furan rings is 1. The Morgan fingerprint density at radius 1 is 1.34 bits per heavy atom. The van der Waals surface area contributed by atoms with Gasteiger partial charge in [-0.15, -0.1) is 0 Å². The lowest BCUT2D eigenvalue weighted by atomic mass is 10.1. The smallest absolute Gasteiger partial charge is 0.286 e. The molecule has 9 heteroatoms. The van der Waals surface area contributed by atoms with Crippen molar-refractivity contribution in [3.63, 3.8) is 0 Å². The minimum atomic E-state index is -0.373. The number of nitrogens with zero attached hydrogens (tertiary/aromatic N) is 3. The second kappa shape index (κ2) is 9.03. The molecule has 1 aromatic carbocycles. The highest BCUT2D eigenvalue weighted by atomic mass is 19.1. The predicted octanol–water partition coefficient (Wildman–Crippen LogP) is 2.57. The molecule has 3 N–H and O–H groups in total. The summed E-state index contributed by atoms with van der Waals surface area (Å²) in [5.74, 6) is 0.267. The van der Waals surface area contributed by atoms with Crippen molar-refractivity contribution in [1.29, 1.82) is 5.26 Å². The molecule has 0 radical (unpaired) electrons. The van der Waals surface area contributed by atoms with Gasteiger partial charge in [-0.3, -0.25) is 4.79 Å². The van der Waals surface area contributed by atoms with Crippen molar-refractivity contribution >= 4 is 11.7 Å². The monoisotopic (exact) mass is 397 g/mol. The number of methoxy groups -OCH3 is 1. The fourth-order valence-electron chi connectivity index (χ4n) is 2.82. The maximum absolute atomic E-state index is 13.1. The summed E-state index contributed by atoms with van der Waals surface area (Å²) in [6.45, 7) is 0.662. The van der Waals surface area contributed by atoms with Crippen molar-refractivity contribution in [2.75, 3.05) is 19.4 Å². The van der Waals surface area contributed by atoms with Crippen LogP contribution in [0.25, 0.3) is 5.69 Å². The van der Waals surface area contributed by atoms with Crippen molar-refractivity contribution < 1.29 is 18.3 Å². The number of anilines is 1. The van der Waals surface area contributed by atoms with Gasteiger partial charge in [0.15, 0.2) is 5.76 Å². The van der Waals surface area contributed by atoms with Gasteiger partial charge in [-0.1, -0.05) is 0 Å². The molecule has 0 saturated carbocycles. The number of amides is 1. The number of hydrogen-bond acceptors (Lipinski definition) is 6. The van der Waals surface area contributed by atoms with Crippen molar-refractivity contribution in [2.24, 2.45) is 0 Å². The summed E-state index contributed by atoms with van der Waals surface area (Å²) in [7, 11) is 1.54. The summed E-state index contributed by atoms with van der Waals surface area (Å²) in [5, 5.41) is 16.5. The largest absolute Gasteiger partial charge is 0.453 e. The van der Waals surface area contributed by atoms with Gasteiger partial charge in [0.1, 0.15) is 35.6 Å². The lowest BCUT2D eigenvalue weighted by Gasteiger charge is -2.03. The minimum absolute atomic E-state index is 0.194. The van der Waals surface area contributed by atoms with Crippen LogP contribution in [0.4, 0.5) is 10.2 Å². The molecule has 0 saturated heterocycles. The molecule has 0 aliphatic rings. The second-order valence-corrected chi connectivity index (χ2v) is 6.27. The number of ether oxygens (including phenoxy) is 1. The molecule has 0 bridgehead atoms. The third-order valence-corrected chi connectivity index (χ3v) is 4.22. The van der Waals surface area contributed by atoms with Gasteiger partial charge in [0, 0.05) is 13.7 Å². The van der Waals surface area contributed by atoms with Crippen LogP contribution in [-0.2, 0) is 17.8 Å². The molecule has 0 aliphatic carbocycles. The Morgan fingerprint density at radius 2 is 2.10 bits per heavy atom. The zero-order valence-corrected chi connectivity index (χ0v) is 15.8. The molecule has 2 heterocycles. The highest BCUT2D eigenvalue weighted by Crippen LogP contribution is 2.21. The minimum Gasteiger partial charge on any atom is -0.453 e. The first-order valence-electron chi connectivity index (χ1n) is 8.92. The SMILES string of the molecule is COCc1ccc(C(=O)NCCCc2nn(-c3ccc(F)cc3)c(N)c2C#N)o1. The van der Waals surface area contributed by atoms with E-state index in [9.17, 15) is 14.4 Å². The summed E-state index contributed by atoms with van der Waals surface area (Å²) in [5.41, 5.74) is 7.38. The van der Waals surface area contributed by atoms with E-state index >= 15 is 0 Å². The lowest BCUT2D eigenvalue weighted by Crippen LogP contribution is -2.24. The Hall–Kier alpha value is -3.64. The zero-order chi connectivity index (χ0) is 20.8. The number of nitrogens with two attached hydrogens (primary N) is 1. The molecule has 2 aromatic heterocycles. The summed E-state index contributed by atoms with van der Waals surface area (Å²) >= 11 is 0. The number of benzene rings is 1. The van der Waals surface area contributed by atoms with Crippen LogP contribution in [0.15, 0.2) is 40.8 Å². The normalized spacial score (nSPS) is 10.7. The Balaban J connectivity index is 1.60. The van der Waals surface area contributed by atoms with E-state index in [0.717, 1.165) is 0 Å². The van der Waals surface area contributed by atoms with Crippen molar-refractivity contribution in [1.82, 2.24) is 15.1 Å². The third-order valence-electron chi connectivity index (χ3n) is 4.22. The Labute approximate surface area is 166 Å². The molecule has 0 fully saturated rings. The molecule has 150 valence electrons. The number of nitriles is 1. The number of nitrogens with one attached hydrogen (secondary N) is 1. The van der Waals surface area contributed by atoms with E-state index in [1.54, 1.807) is 19.2 Å². The number of carbonyl (C=O) groups is 1. The Bertz CT molecular complexity index is 1030. The quantitative estimate of drug-likeness (QED) is 0.564. The highest BCUT2D eigenvalue weighted by molar-refractivity contribution is 5.91. The number of rotatable bonds is 8. The number of carbonyl (C=O) groups excluding carboxylic acids is 1. The van der Waals surface area contributed by atoms with Gasteiger partial charge >= 0.3 is 0 Å². The molecule has 8 nitrogen and oxygen atoms in total. The van der Waals surface area contributed by atoms with Crippen LogP contribution in [0, 0.1) is 17.1 Å². The van der Waals surface area contributed by atoms with Gasteiger partial charge in [-0.25, -0.2) is 9.07 Å². The van der Waals surface area contributed by atoms with Gasteiger partial charge < -0.3 is 20.2 Å². The van der Waals surface area contributed by atoms with Gasteiger partial charge in [0.25, 0.3) is 5.91 Å². The molecule has 0 unspecified atom stereocenters. The zero-order valence-electron chi connectivity index (χ0n) is 15.8. The van der Waals surface area contributed by atoms with E-state index in [-0.39, 0.29) is 28.9 Å². The van der Waals surface area contributed by atoms with E-state index in [2.05, 4.69) is 16.5 Å². The lowest BCUT2D eigenvalue weighted by molar-refractivity contribution is 0.0916. The van der Waals surface area contributed by atoms with E-state index < -0.39 is 0 Å². The van der Waals surface area contributed by atoms with Crippen LogP contribution in [0.3, 0.4) is 0 Å². The van der Waals surface area contributed by atoms with Crippen LogP contribution < -0.4 is 11.1 Å². The van der Waals surface area contributed by atoms with Gasteiger partial charge in [0.05, 0.1) is 11.4 Å². The summed E-state index contributed by atoms with van der Waals surface area (Å²) in [6.07, 6.45) is 0.987. The standard InChI is InChI=1S/C20H20FN5O3/c1-28-12-15-8-9-18(29-15)20(27)24-10-2-3-17-16(11-22)19(23)26(25-17)14-6-4-13(21)5-7-14/h4-9H,2-3,10,12,23H2,1H3,(H,24,27). The van der Waals surface area contributed by atoms with Crippen LogP contribution in [-0.4, -0.2) is 29.3 Å². The van der Waals surface area contributed by atoms with Crippen LogP contribution in [0.5, 0.6) is 0 Å². The predicted molar refractivity (Wildman–Crippen MR) is 103 cm³/mol. The Kier molecular flexibility index (Phi) is 6.26. The van der Waals surface area contributed by atoms with Gasteiger partial charge in [-0.05, 0) is 49.2 Å². The van der Waals surface area contributed by atoms with Gasteiger partial charge in [-0.2, -0.15) is 10.4 Å². The fraction of sp³-hybridized carbons (Fsp3) is 0.250. The maximum atomic E-state index is 13.1. The highest BCUT2D eigenvalue weighted by Gasteiger charge is 2.17. The molecular weight excluding hydrogens is 377 g/mol. The molecule has 3 rings (SSSR count). The molecule has 1 amide bonds. The fourth-order valence-corrected chi connectivity index (χ4v) is 2.82. The molecule has 0 atom stereocenters. The van der Waals surface area contributed by atoms with E-state index in [4.69, 9.17) is 14.9 Å². The van der Waals surface area contributed by atoms with Crippen LogP contribution in [0.1, 0.15) is 34.0 Å². The number of aryl methyl sites for hydroxylation is 1. The number of nitrogen functional groups attached to an aromatic ring is 1. The summed E-state index contributed by atoms with van der Waals surface area (Å²) in [6, 6.07) is 11.0. The molecular formula is C20H20FN5O3. The van der Waals surface area contributed by atoms with Gasteiger partial charge in [0.2, 0.25) is 0 Å². The molecule has 0 spiro atoms. The van der Waals surface area contributed by atoms with Crippen LogP contribution >= 0.6 is 0 Å². The number of hydrogen-bond donors (Lipinski definition) is 2. The Morgan fingerprint density at radius 3 is 2.79 bits per heavy atom. The molecule has 0 aliphatic heterocycles. The van der Waals surface area contributed by atoms with E-state index in [1.165, 1.54) is 28.9 Å². The number of halogens is 1. The first kappa shape index (κ1) is 20.1. The van der Waals surface area contributed by atoms with E-state index in [0.29, 0.717) is 43.1 Å². The summed E-state index contributed by atoms with van der Waals surface area (Å²) in [4.78, 5) is 12.1. The summed E-state index contributed by atoms with van der Waals surface area (Å²) < 4.78 is 24.9. The average molecular weight is 397 g/mol. The van der Waals surface area contributed by atoms with Crippen molar-refractivity contribution in [2.45, 2.75) is 19.4 Å². The topological polar surface area (TPSA) is 119 Å². The maximum Gasteiger partial charge on any atom is 0.286 e. The third kappa shape index (κ3) is 4.62. The van der Waals surface area contributed by atoms with Crippen molar-refractivity contribution in [3.05, 3.63) is 65.0 Å². The first-order chi connectivity index (χ1) is 14.0. The first-order valence-corrected chi connectivity index (χ1v) is 8.92. The van der Waals surface area contributed by atoms with Crippen LogP contribution in [0.2, 0.25) is 0 Å². The van der Waals surface area contributed by atoms with E-state index in [1.807, 2.05) is 0 Å².